The van der Waals surface area contributed by atoms with Crippen molar-refractivity contribution >= 4 is 29.8 Å². The van der Waals surface area contributed by atoms with E-state index in [1.54, 1.807) is 0 Å². The van der Waals surface area contributed by atoms with Gasteiger partial charge in [0, 0.05) is 0 Å². The Labute approximate surface area is 86.6 Å². The van der Waals surface area contributed by atoms with Crippen LogP contribution in [0.25, 0.3) is 0 Å². The largest absolute Gasteiger partial charge is 0.446 e. The maximum atomic E-state index is 11.7. The monoisotopic (exact) mass is 207 g/mol. The molecule has 0 fully saturated rings. The number of hydrogen-bond donors (Lipinski definition) is 0. The molecule has 78 valence electrons. The summed E-state index contributed by atoms with van der Waals surface area (Å²) in [5.41, 5.74) is 0.255. The van der Waals surface area contributed by atoms with Crippen LogP contribution in [0.5, 0.6) is 0 Å². The van der Waals surface area contributed by atoms with Crippen LogP contribution in [0, 0.1) is 0 Å². The average molecular weight is 207 g/mol. The molecule has 0 atom stereocenters. The molecule has 0 saturated heterocycles. The van der Waals surface area contributed by atoms with E-state index in [0.29, 0.717) is 12.4 Å². The van der Waals surface area contributed by atoms with E-state index in [0.717, 1.165) is 11.3 Å². The maximum Gasteiger partial charge on any atom is 0.446 e. The fourth-order valence-corrected chi connectivity index (χ4v) is 1.55. The van der Waals surface area contributed by atoms with E-state index in [-0.39, 0.29) is 17.6 Å². The van der Waals surface area contributed by atoms with Crippen LogP contribution in [0.1, 0.15) is 13.3 Å². The lowest BCUT2D eigenvalue weighted by atomic mass is 10.2. The van der Waals surface area contributed by atoms with Crippen molar-refractivity contribution in [2.24, 2.45) is 9.98 Å². The van der Waals surface area contributed by atoms with Crippen LogP contribution in [-0.2, 0) is 4.79 Å². The minimum Gasteiger partial charge on any atom is -0.248 e. The number of carbonyl (C=O) groups is 2. The fourth-order valence-electron chi connectivity index (χ4n) is 1.55. The third-order valence-corrected chi connectivity index (χ3v) is 2.31. The molecule has 2 rings (SSSR count). The van der Waals surface area contributed by atoms with Gasteiger partial charge < -0.3 is 0 Å². The first kappa shape index (κ1) is 9.70. The zero-order valence-electron chi connectivity index (χ0n) is 8.60. The number of nitrogens with zero attached hydrogens (tertiary/aromatic N) is 4. The molecule has 3 amide bonds. The molecule has 6 heteroatoms. The number of amidine groups is 1. The molecule has 0 aromatic rings. The van der Waals surface area contributed by atoms with Gasteiger partial charge in [-0.1, -0.05) is 11.9 Å². The second-order valence-corrected chi connectivity index (χ2v) is 3.34. The molecule has 0 saturated carbocycles. The normalized spacial score (nSPS) is 19.9. The molecule has 0 spiro atoms. The standard InChI is InChI=1S/C9H11N4O2/c1-3-4-13-7-6(10-5-11-7)8(14)12(2)9(13)15/h5H,3-4H2,1-2H3/q+1. The summed E-state index contributed by atoms with van der Waals surface area (Å²) >= 11 is 0. The zero-order chi connectivity index (χ0) is 11.0. The van der Waals surface area contributed by atoms with E-state index in [1.165, 1.54) is 18.0 Å². The predicted molar refractivity (Wildman–Crippen MR) is 54.5 cm³/mol. The van der Waals surface area contributed by atoms with Crippen molar-refractivity contribution in [1.29, 1.82) is 0 Å². The van der Waals surface area contributed by atoms with Crippen molar-refractivity contribution < 1.29 is 14.2 Å². The Hall–Kier alpha value is -1.85. The van der Waals surface area contributed by atoms with Gasteiger partial charge in [0.25, 0.3) is 0 Å². The molecule has 0 aliphatic carbocycles. The third-order valence-electron chi connectivity index (χ3n) is 2.31. The van der Waals surface area contributed by atoms with Gasteiger partial charge in [-0.05, 0) is 6.42 Å². The number of imide groups is 1. The summed E-state index contributed by atoms with van der Waals surface area (Å²) < 4.78 is 1.48. The van der Waals surface area contributed by atoms with Crippen molar-refractivity contribution in [2.45, 2.75) is 13.3 Å². The second-order valence-electron chi connectivity index (χ2n) is 3.34. The SMILES string of the molecule is CCC[N+]1=C2N=CN=C2C(=O)N(C)C1=O. The van der Waals surface area contributed by atoms with Crippen molar-refractivity contribution in [3.05, 3.63) is 0 Å². The van der Waals surface area contributed by atoms with Gasteiger partial charge in [0.2, 0.25) is 5.71 Å². The van der Waals surface area contributed by atoms with Crippen LogP contribution in [0.3, 0.4) is 0 Å². The van der Waals surface area contributed by atoms with E-state index >= 15 is 0 Å². The van der Waals surface area contributed by atoms with Gasteiger partial charge in [-0.2, -0.15) is 9.48 Å². The van der Waals surface area contributed by atoms with Gasteiger partial charge in [0.05, 0.1) is 13.6 Å². The molecule has 0 radical (unpaired) electrons. The van der Waals surface area contributed by atoms with Gasteiger partial charge in [0.1, 0.15) is 0 Å². The molecule has 0 aromatic heterocycles. The number of urea groups is 1. The number of aliphatic imine (C=N–C) groups is 2. The minimum atomic E-state index is -0.389. The number of carbonyl (C=O) groups excluding carboxylic acids is 2. The molecule has 0 aromatic carbocycles. The van der Waals surface area contributed by atoms with Gasteiger partial charge in [-0.3, -0.25) is 0 Å². The first-order chi connectivity index (χ1) is 7.16. The highest BCUT2D eigenvalue weighted by atomic mass is 16.2. The topological polar surface area (TPSA) is 65.1 Å². The number of fused-ring (bicyclic) bond motifs is 1. The molecule has 0 N–H and O–H groups in total. The lowest BCUT2D eigenvalue weighted by molar-refractivity contribution is -0.435. The van der Waals surface area contributed by atoms with E-state index in [4.69, 9.17) is 0 Å². The Morgan fingerprint density at radius 3 is 2.87 bits per heavy atom. The van der Waals surface area contributed by atoms with Crippen LogP contribution in [0.2, 0.25) is 0 Å². The van der Waals surface area contributed by atoms with Gasteiger partial charge >= 0.3 is 17.8 Å². The van der Waals surface area contributed by atoms with Gasteiger partial charge in [-0.25, -0.2) is 14.6 Å². The summed E-state index contributed by atoms with van der Waals surface area (Å²) in [6, 6.07) is -0.338. The minimum absolute atomic E-state index is 0.255. The number of hydrogen-bond acceptors (Lipinski definition) is 4. The van der Waals surface area contributed by atoms with Crippen LogP contribution < -0.4 is 0 Å². The quantitative estimate of drug-likeness (QED) is 0.592. The van der Waals surface area contributed by atoms with Crippen molar-refractivity contribution in [3.63, 3.8) is 0 Å². The predicted octanol–water partition coefficient (Wildman–Crippen LogP) is -0.118. The summed E-state index contributed by atoms with van der Waals surface area (Å²) in [6.07, 6.45) is 2.11. The number of rotatable bonds is 2. The highest BCUT2D eigenvalue weighted by Gasteiger charge is 2.43. The highest BCUT2D eigenvalue weighted by molar-refractivity contribution is 6.69. The summed E-state index contributed by atoms with van der Waals surface area (Å²) in [7, 11) is 1.45. The Morgan fingerprint density at radius 1 is 1.47 bits per heavy atom. The van der Waals surface area contributed by atoms with E-state index in [2.05, 4.69) is 9.98 Å². The van der Waals surface area contributed by atoms with Gasteiger partial charge in [-0.15, -0.1) is 0 Å². The average Bonchev–Trinajstić information content (AvgIpc) is 2.70. The first-order valence-corrected chi connectivity index (χ1v) is 4.74. The lowest BCUT2D eigenvalue weighted by Crippen LogP contribution is -2.52. The molecule has 0 unspecified atom stereocenters. The number of amides is 3. The molecule has 15 heavy (non-hydrogen) atoms. The summed E-state index contributed by atoms with van der Waals surface area (Å²) in [5.74, 6) is -0.00944. The van der Waals surface area contributed by atoms with Crippen LogP contribution in [-0.4, -0.2) is 52.9 Å². The van der Waals surface area contributed by atoms with Gasteiger partial charge in [0.15, 0.2) is 6.34 Å². The van der Waals surface area contributed by atoms with Crippen LogP contribution in [0.4, 0.5) is 4.79 Å². The van der Waals surface area contributed by atoms with Crippen molar-refractivity contribution in [3.8, 4) is 0 Å². The van der Waals surface area contributed by atoms with E-state index < -0.39 is 0 Å². The summed E-state index contributed by atoms with van der Waals surface area (Å²) in [6.45, 7) is 2.50. The zero-order valence-corrected chi connectivity index (χ0v) is 8.60. The molecule has 0 bridgehead atoms. The van der Waals surface area contributed by atoms with E-state index in [9.17, 15) is 9.59 Å². The summed E-state index contributed by atoms with van der Waals surface area (Å²) in [5, 5.41) is 0. The molecule has 6 nitrogen and oxygen atoms in total. The Bertz CT molecular complexity index is 433. The first-order valence-electron chi connectivity index (χ1n) is 4.74. The third kappa shape index (κ3) is 1.29. The fraction of sp³-hybridized carbons (Fsp3) is 0.444. The lowest BCUT2D eigenvalue weighted by Gasteiger charge is -2.17. The molecule has 2 heterocycles. The highest BCUT2D eigenvalue weighted by Crippen LogP contribution is 2.08. The van der Waals surface area contributed by atoms with E-state index in [1.807, 2.05) is 6.92 Å². The van der Waals surface area contributed by atoms with Crippen molar-refractivity contribution in [2.75, 3.05) is 13.6 Å². The molecule has 2 aliphatic heterocycles. The Balaban J connectivity index is 2.53. The maximum absolute atomic E-state index is 11.7. The van der Waals surface area contributed by atoms with Crippen LogP contribution >= 0.6 is 0 Å². The van der Waals surface area contributed by atoms with Crippen LogP contribution in [0.15, 0.2) is 9.98 Å². The summed E-state index contributed by atoms with van der Waals surface area (Å²) in [4.78, 5) is 32.2. The van der Waals surface area contributed by atoms with Crippen molar-refractivity contribution in [1.82, 2.24) is 4.90 Å². The smallest absolute Gasteiger partial charge is 0.248 e. The Morgan fingerprint density at radius 2 is 2.20 bits per heavy atom. The molecule has 2 aliphatic rings. The molecular weight excluding hydrogens is 196 g/mol. The Kier molecular flexibility index (Phi) is 2.18. The molecular formula is C9H11N4O2+. The second kappa shape index (κ2) is 3.38.